The van der Waals surface area contributed by atoms with Crippen LogP contribution in [0.4, 0.5) is 5.69 Å². The summed E-state index contributed by atoms with van der Waals surface area (Å²) in [5, 5.41) is 4.34. The zero-order valence-corrected chi connectivity index (χ0v) is 12.4. The van der Waals surface area contributed by atoms with Crippen LogP contribution in [-0.2, 0) is 6.54 Å². The van der Waals surface area contributed by atoms with Crippen LogP contribution >= 0.6 is 11.3 Å². The van der Waals surface area contributed by atoms with Gasteiger partial charge in [0.1, 0.15) is 0 Å². The molecule has 3 N–H and O–H groups in total. The summed E-state index contributed by atoms with van der Waals surface area (Å²) >= 11 is 1.66. The van der Waals surface area contributed by atoms with Crippen molar-refractivity contribution in [2.24, 2.45) is 0 Å². The van der Waals surface area contributed by atoms with Crippen LogP contribution < -0.4 is 16.4 Å². The predicted octanol–water partition coefficient (Wildman–Crippen LogP) is 1.90. The van der Waals surface area contributed by atoms with Crippen LogP contribution in [0.15, 0.2) is 27.8 Å². The second-order valence-corrected chi connectivity index (χ2v) is 6.05. The number of hydrogen-bond acceptors (Lipinski definition) is 5. The molecule has 0 unspecified atom stereocenters. The van der Waals surface area contributed by atoms with Gasteiger partial charge in [0.25, 0.3) is 0 Å². The molecule has 0 spiro atoms. The minimum atomic E-state index is -0.645. The lowest BCUT2D eigenvalue weighted by Gasteiger charge is -2.06. The minimum Gasteiger partial charge on any atom is -0.380 e. The SMILES string of the molecule is Cc1nc(C)c(CNc2ccc3[nH]c(=O)c(=O)[nH]c3c2)s1. The largest absolute Gasteiger partial charge is 0.380 e. The van der Waals surface area contributed by atoms with Gasteiger partial charge in [-0.15, -0.1) is 11.3 Å². The van der Waals surface area contributed by atoms with Crippen molar-refractivity contribution in [2.45, 2.75) is 20.4 Å². The topological polar surface area (TPSA) is 90.6 Å². The number of H-pyrrole nitrogens is 2. The molecule has 2 aromatic heterocycles. The third-order valence-corrected chi connectivity index (χ3v) is 4.25. The smallest absolute Gasteiger partial charge is 0.314 e. The molecule has 0 saturated heterocycles. The van der Waals surface area contributed by atoms with E-state index in [1.807, 2.05) is 19.9 Å². The van der Waals surface area contributed by atoms with Gasteiger partial charge in [0.05, 0.1) is 28.3 Å². The van der Waals surface area contributed by atoms with Gasteiger partial charge in [-0.3, -0.25) is 9.59 Å². The van der Waals surface area contributed by atoms with Gasteiger partial charge in [0, 0.05) is 10.6 Å². The number of fused-ring (bicyclic) bond motifs is 1. The van der Waals surface area contributed by atoms with Crippen LogP contribution in [-0.4, -0.2) is 15.0 Å². The summed E-state index contributed by atoms with van der Waals surface area (Å²) in [6.45, 7) is 4.65. The summed E-state index contributed by atoms with van der Waals surface area (Å²) < 4.78 is 0. The summed E-state index contributed by atoms with van der Waals surface area (Å²) in [5.74, 6) is 0. The summed E-state index contributed by atoms with van der Waals surface area (Å²) in [7, 11) is 0. The number of nitrogens with one attached hydrogen (secondary N) is 3. The van der Waals surface area contributed by atoms with Crippen molar-refractivity contribution in [2.75, 3.05) is 5.32 Å². The van der Waals surface area contributed by atoms with Crippen LogP contribution in [0.5, 0.6) is 0 Å². The molecule has 2 heterocycles. The Balaban J connectivity index is 1.88. The molecule has 108 valence electrons. The lowest BCUT2D eigenvalue weighted by Crippen LogP contribution is -2.28. The first-order valence-corrected chi connectivity index (χ1v) is 7.28. The Morgan fingerprint density at radius 2 is 1.86 bits per heavy atom. The molecule has 0 amide bonds. The molecule has 0 bridgehead atoms. The van der Waals surface area contributed by atoms with Crippen LogP contribution in [0.3, 0.4) is 0 Å². The molecule has 0 atom stereocenters. The molecule has 0 aliphatic rings. The first kappa shape index (κ1) is 13.6. The Morgan fingerprint density at radius 3 is 2.52 bits per heavy atom. The van der Waals surface area contributed by atoms with Crippen LogP contribution in [0.2, 0.25) is 0 Å². The molecule has 0 radical (unpaired) electrons. The van der Waals surface area contributed by atoms with E-state index in [1.165, 1.54) is 4.88 Å². The van der Waals surface area contributed by atoms with Crippen molar-refractivity contribution in [3.8, 4) is 0 Å². The first-order chi connectivity index (χ1) is 10.0. The zero-order valence-electron chi connectivity index (χ0n) is 11.6. The zero-order chi connectivity index (χ0) is 15.0. The summed E-state index contributed by atoms with van der Waals surface area (Å²) in [4.78, 5) is 33.3. The third-order valence-electron chi connectivity index (χ3n) is 3.17. The van der Waals surface area contributed by atoms with E-state index >= 15 is 0 Å². The molecule has 21 heavy (non-hydrogen) atoms. The molecule has 0 aliphatic heterocycles. The number of hydrogen-bond donors (Lipinski definition) is 3. The number of benzene rings is 1. The van der Waals surface area contributed by atoms with Gasteiger partial charge >= 0.3 is 11.1 Å². The highest BCUT2D eigenvalue weighted by molar-refractivity contribution is 7.11. The van der Waals surface area contributed by atoms with Gasteiger partial charge in [-0.25, -0.2) is 4.98 Å². The van der Waals surface area contributed by atoms with Crippen molar-refractivity contribution in [3.63, 3.8) is 0 Å². The predicted molar refractivity (Wildman–Crippen MR) is 84.1 cm³/mol. The molecule has 0 aliphatic carbocycles. The Labute approximate surface area is 123 Å². The van der Waals surface area contributed by atoms with Gasteiger partial charge in [-0.1, -0.05) is 0 Å². The normalized spacial score (nSPS) is 11.0. The number of aryl methyl sites for hydroxylation is 2. The van der Waals surface area contributed by atoms with Gasteiger partial charge in [0.2, 0.25) is 0 Å². The van der Waals surface area contributed by atoms with Crippen LogP contribution in [0.25, 0.3) is 11.0 Å². The molecular formula is C14H14N4O2S. The summed E-state index contributed by atoms with van der Waals surface area (Å²) in [6.07, 6.45) is 0. The molecule has 0 fully saturated rings. The molecule has 3 rings (SSSR count). The standard InChI is InChI=1S/C14H14N4O2S/c1-7-12(21-8(2)16-7)6-15-9-3-4-10-11(5-9)18-14(20)13(19)17-10/h3-5,15H,6H2,1-2H3,(H,17,19)(H,18,20). The van der Waals surface area contributed by atoms with Gasteiger partial charge in [-0.2, -0.15) is 0 Å². The minimum absolute atomic E-state index is 0.599. The van der Waals surface area contributed by atoms with Gasteiger partial charge in [-0.05, 0) is 32.0 Å². The van der Waals surface area contributed by atoms with Crippen molar-refractivity contribution in [1.82, 2.24) is 15.0 Å². The maximum atomic E-state index is 11.3. The van der Waals surface area contributed by atoms with E-state index in [-0.39, 0.29) is 0 Å². The highest BCUT2D eigenvalue weighted by Crippen LogP contribution is 2.20. The number of rotatable bonds is 3. The van der Waals surface area contributed by atoms with E-state index in [1.54, 1.807) is 23.5 Å². The van der Waals surface area contributed by atoms with Crippen molar-refractivity contribution in [1.29, 1.82) is 0 Å². The molecular weight excluding hydrogens is 288 g/mol. The Morgan fingerprint density at radius 1 is 1.14 bits per heavy atom. The maximum absolute atomic E-state index is 11.3. The van der Waals surface area contributed by atoms with E-state index in [0.29, 0.717) is 17.6 Å². The quantitative estimate of drug-likeness (QED) is 0.645. The Bertz CT molecular complexity index is 923. The lowest BCUT2D eigenvalue weighted by atomic mass is 10.2. The second-order valence-electron chi connectivity index (χ2n) is 4.76. The van der Waals surface area contributed by atoms with E-state index in [2.05, 4.69) is 20.3 Å². The average Bonchev–Trinajstić information content (AvgIpc) is 2.76. The fourth-order valence-electron chi connectivity index (χ4n) is 2.14. The third kappa shape index (κ3) is 2.73. The lowest BCUT2D eigenvalue weighted by molar-refractivity contribution is 1.10. The number of aromatic amines is 2. The summed E-state index contributed by atoms with van der Waals surface area (Å²) in [5.41, 5.74) is 1.82. The molecule has 1 aromatic carbocycles. The fourth-order valence-corrected chi connectivity index (χ4v) is 3.02. The number of thiazole rings is 1. The molecule has 6 nitrogen and oxygen atoms in total. The second kappa shape index (κ2) is 5.17. The van der Waals surface area contributed by atoms with Crippen molar-refractivity contribution >= 4 is 28.1 Å². The Hall–Kier alpha value is -2.41. The number of aromatic nitrogens is 3. The van der Waals surface area contributed by atoms with E-state index < -0.39 is 11.1 Å². The number of anilines is 1. The van der Waals surface area contributed by atoms with Gasteiger partial charge in [0.15, 0.2) is 0 Å². The number of nitrogens with zero attached hydrogens (tertiary/aromatic N) is 1. The van der Waals surface area contributed by atoms with Crippen LogP contribution in [0, 0.1) is 13.8 Å². The summed E-state index contributed by atoms with van der Waals surface area (Å²) in [6, 6.07) is 5.43. The fraction of sp³-hybridized carbons (Fsp3) is 0.214. The monoisotopic (exact) mass is 302 g/mol. The van der Waals surface area contributed by atoms with E-state index in [9.17, 15) is 9.59 Å². The first-order valence-electron chi connectivity index (χ1n) is 6.46. The highest BCUT2D eigenvalue weighted by Gasteiger charge is 2.05. The molecule has 0 saturated carbocycles. The van der Waals surface area contributed by atoms with Crippen molar-refractivity contribution < 1.29 is 0 Å². The molecule has 7 heteroatoms. The van der Waals surface area contributed by atoms with E-state index in [0.717, 1.165) is 16.4 Å². The average molecular weight is 302 g/mol. The molecule has 3 aromatic rings. The highest BCUT2D eigenvalue weighted by atomic mass is 32.1. The van der Waals surface area contributed by atoms with Gasteiger partial charge < -0.3 is 15.3 Å². The van der Waals surface area contributed by atoms with Crippen molar-refractivity contribution in [3.05, 3.63) is 54.5 Å². The van der Waals surface area contributed by atoms with E-state index in [4.69, 9.17) is 0 Å². The maximum Gasteiger partial charge on any atom is 0.314 e. The Kier molecular flexibility index (Phi) is 3.34. The van der Waals surface area contributed by atoms with Crippen LogP contribution in [0.1, 0.15) is 15.6 Å².